The summed E-state index contributed by atoms with van der Waals surface area (Å²) in [5.41, 5.74) is 4.37. The van der Waals surface area contributed by atoms with E-state index in [0.717, 1.165) is 28.8 Å². The summed E-state index contributed by atoms with van der Waals surface area (Å²) in [6.45, 7) is 3.98. The van der Waals surface area contributed by atoms with Crippen molar-refractivity contribution in [3.63, 3.8) is 0 Å². The maximum absolute atomic E-state index is 12.7. The van der Waals surface area contributed by atoms with E-state index < -0.39 is 0 Å². The summed E-state index contributed by atoms with van der Waals surface area (Å²) in [6.07, 6.45) is 4.26. The summed E-state index contributed by atoms with van der Waals surface area (Å²) in [7, 11) is 0. The molecule has 0 saturated heterocycles. The lowest BCUT2D eigenvalue weighted by Gasteiger charge is -2.12. The third-order valence-electron chi connectivity index (χ3n) is 4.02. The van der Waals surface area contributed by atoms with E-state index in [1.807, 2.05) is 62.4 Å². The van der Waals surface area contributed by atoms with E-state index in [2.05, 4.69) is 15.3 Å². The Kier molecular flexibility index (Phi) is 4.66. The third-order valence-corrected chi connectivity index (χ3v) is 4.02. The van der Waals surface area contributed by atoms with E-state index in [1.54, 1.807) is 12.4 Å². The Hall–Kier alpha value is -3.01. The minimum absolute atomic E-state index is 0.154. The van der Waals surface area contributed by atoms with Crippen LogP contribution in [0.2, 0.25) is 0 Å². The number of nitrogens with one attached hydrogen (secondary N) is 1. The lowest BCUT2D eigenvalue weighted by atomic mass is 9.99. The first-order valence-corrected chi connectivity index (χ1v) is 7.97. The van der Waals surface area contributed by atoms with Crippen LogP contribution in [0.1, 0.15) is 28.4 Å². The molecule has 24 heavy (non-hydrogen) atoms. The molecule has 0 aliphatic rings. The Labute approximate surface area is 141 Å². The highest BCUT2D eigenvalue weighted by Crippen LogP contribution is 2.24. The van der Waals surface area contributed by atoms with E-state index in [1.165, 1.54) is 0 Å². The summed E-state index contributed by atoms with van der Waals surface area (Å²) in [6, 6.07) is 15.3. The van der Waals surface area contributed by atoms with Crippen LogP contribution in [0.15, 0.2) is 60.9 Å². The van der Waals surface area contributed by atoms with Crippen LogP contribution >= 0.6 is 0 Å². The highest BCUT2D eigenvalue weighted by Gasteiger charge is 2.14. The van der Waals surface area contributed by atoms with Gasteiger partial charge in [-0.05, 0) is 48.7 Å². The van der Waals surface area contributed by atoms with E-state index in [4.69, 9.17) is 0 Å². The van der Waals surface area contributed by atoms with Crippen molar-refractivity contribution < 1.29 is 4.79 Å². The monoisotopic (exact) mass is 317 g/mol. The lowest BCUT2D eigenvalue weighted by molar-refractivity contribution is 0.102. The van der Waals surface area contributed by atoms with Gasteiger partial charge in [-0.15, -0.1) is 0 Å². The van der Waals surface area contributed by atoms with Gasteiger partial charge in [-0.25, -0.2) is 4.98 Å². The Balaban J connectivity index is 1.94. The number of benzene rings is 1. The predicted molar refractivity (Wildman–Crippen MR) is 96.0 cm³/mol. The second-order valence-electron chi connectivity index (χ2n) is 5.51. The van der Waals surface area contributed by atoms with Crippen LogP contribution in [0.5, 0.6) is 0 Å². The second-order valence-corrected chi connectivity index (χ2v) is 5.51. The van der Waals surface area contributed by atoms with Crippen molar-refractivity contribution in [3.05, 3.63) is 77.6 Å². The first kappa shape index (κ1) is 15.9. The number of pyridine rings is 2. The minimum Gasteiger partial charge on any atom is -0.306 e. The van der Waals surface area contributed by atoms with Gasteiger partial charge in [-0.1, -0.05) is 31.2 Å². The fourth-order valence-corrected chi connectivity index (χ4v) is 2.69. The molecular weight excluding hydrogens is 298 g/mol. The Morgan fingerprint density at radius 3 is 2.58 bits per heavy atom. The molecule has 2 aromatic heterocycles. The highest BCUT2D eigenvalue weighted by molar-refractivity contribution is 6.06. The van der Waals surface area contributed by atoms with Crippen molar-refractivity contribution in [1.82, 2.24) is 9.97 Å². The number of carbonyl (C=O) groups excluding carboxylic acids is 1. The van der Waals surface area contributed by atoms with E-state index in [-0.39, 0.29) is 5.91 Å². The summed E-state index contributed by atoms with van der Waals surface area (Å²) < 4.78 is 0. The molecule has 4 nitrogen and oxygen atoms in total. The van der Waals surface area contributed by atoms with Gasteiger partial charge >= 0.3 is 0 Å². The summed E-state index contributed by atoms with van der Waals surface area (Å²) in [5.74, 6) is 0.464. The van der Waals surface area contributed by atoms with Gasteiger partial charge in [0.25, 0.3) is 5.91 Å². The van der Waals surface area contributed by atoms with Crippen LogP contribution in [0.4, 0.5) is 5.82 Å². The van der Waals surface area contributed by atoms with Crippen LogP contribution in [0.25, 0.3) is 11.3 Å². The lowest BCUT2D eigenvalue weighted by Crippen LogP contribution is -2.16. The van der Waals surface area contributed by atoms with Crippen LogP contribution in [0.3, 0.4) is 0 Å². The number of aryl methyl sites for hydroxylation is 1. The molecule has 0 saturated carbocycles. The molecule has 0 spiro atoms. The fourth-order valence-electron chi connectivity index (χ4n) is 2.69. The SMILES string of the molecule is CCc1cccnc1NC(=O)c1cccc(-c2ccccn2)c1C. The number of carbonyl (C=O) groups is 1. The van der Waals surface area contributed by atoms with Gasteiger partial charge in [0.05, 0.1) is 5.69 Å². The van der Waals surface area contributed by atoms with Crippen LogP contribution in [-0.4, -0.2) is 15.9 Å². The van der Waals surface area contributed by atoms with Crippen molar-refractivity contribution in [2.75, 3.05) is 5.32 Å². The summed E-state index contributed by atoms with van der Waals surface area (Å²) >= 11 is 0. The van der Waals surface area contributed by atoms with E-state index >= 15 is 0 Å². The molecule has 4 heteroatoms. The first-order valence-electron chi connectivity index (χ1n) is 7.97. The number of amides is 1. The van der Waals surface area contributed by atoms with Gasteiger partial charge < -0.3 is 5.32 Å². The zero-order valence-electron chi connectivity index (χ0n) is 13.8. The molecule has 0 aliphatic carbocycles. The third kappa shape index (κ3) is 3.18. The van der Waals surface area contributed by atoms with Crippen LogP contribution < -0.4 is 5.32 Å². The maximum atomic E-state index is 12.7. The largest absolute Gasteiger partial charge is 0.306 e. The molecule has 0 radical (unpaired) electrons. The quantitative estimate of drug-likeness (QED) is 0.782. The van der Waals surface area contributed by atoms with Crippen LogP contribution in [0, 0.1) is 6.92 Å². The molecule has 0 fully saturated rings. The first-order chi connectivity index (χ1) is 11.7. The molecule has 2 heterocycles. The molecule has 1 aromatic carbocycles. The standard InChI is InChI=1S/C20H19N3O/c1-3-15-8-7-13-22-19(15)23-20(24)17-10-6-9-16(14(17)2)18-11-4-5-12-21-18/h4-13H,3H2,1-2H3,(H,22,23,24). The normalized spacial score (nSPS) is 10.4. The molecule has 120 valence electrons. The van der Waals surface area contributed by atoms with Gasteiger partial charge in [-0.2, -0.15) is 0 Å². The molecule has 0 unspecified atom stereocenters. The number of rotatable bonds is 4. The molecule has 1 N–H and O–H groups in total. The summed E-state index contributed by atoms with van der Waals surface area (Å²) in [4.78, 5) is 21.4. The number of aromatic nitrogens is 2. The average Bonchev–Trinajstić information content (AvgIpc) is 2.63. The molecule has 0 bridgehead atoms. The predicted octanol–water partition coefficient (Wildman–Crippen LogP) is 4.27. The van der Waals surface area contributed by atoms with E-state index in [0.29, 0.717) is 11.4 Å². The van der Waals surface area contributed by atoms with Crippen molar-refractivity contribution in [2.45, 2.75) is 20.3 Å². The fraction of sp³-hybridized carbons (Fsp3) is 0.150. The Morgan fingerprint density at radius 2 is 1.83 bits per heavy atom. The highest BCUT2D eigenvalue weighted by atomic mass is 16.1. The summed E-state index contributed by atoms with van der Waals surface area (Å²) in [5, 5.41) is 2.93. The van der Waals surface area contributed by atoms with Crippen molar-refractivity contribution in [1.29, 1.82) is 0 Å². The Bertz CT molecular complexity index is 860. The smallest absolute Gasteiger partial charge is 0.257 e. The van der Waals surface area contributed by atoms with Crippen LogP contribution in [-0.2, 0) is 6.42 Å². The van der Waals surface area contributed by atoms with Gasteiger partial charge in [0.15, 0.2) is 0 Å². The maximum Gasteiger partial charge on any atom is 0.257 e. The van der Waals surface area contributed by atoms with Crippen molar-refractivity contribution in [2.24, 2.45) is 0 Å². The Morgan fingerprint density at radius 1 is 1.00 bits per heavy atom. The minimum atomic E-state index is -0.154. The molecule has 3 rings (SSSR count). The number of hydrogen-bond acceptors (Lipinski definition) is 3. The van der Waals surface area contributed by atoms with Gasteiger partial charge in [-0.3, -0.25) is 9.78 Å². The van der Waals surface area contributed by atoms with Gasteiger partial charge in [0, 0.05) is 23.5 Å². The van der Waals surface area contributed by atoms with Gasteiger partial charge in [0.2, 0.25) is 0 Å². The van der Waals surface area contributed by atoms with E-state index in [9.17, 15) is 4.79 Å². The number of nitrogens with zero attached hydrogens (tertiary/aromatic N) is 2. The molecule has 0 aliphatic heterocycles. The zero-order valence-corrected chi connectivity index (χ0v) is 13.8. The number of anilines is 1. The van der Waals surface area contributed by atoms with Crippen molar-refractivity contribution in [3.8, 4) is 11.3 Å². The second kappa shape index (κ2) is 7.04. The van der Waals surface area contributed by atoms with Gasteiger partial charge in [0.1, 0.15) is 5.82 Å². The molecule has 1 amide bonds. The molecular formula is C20H19N3O. The molecule has 3 aromatic rings. The number of hydrogen-bond donors (Lipinski definition) is 1. The molecule has 0 atom stereocenters. The topological polar surface area (TPSA) is 54.9 Å². The van der Waals surface area contributed by atoms with Crippen molar-refractivity contribution >= 4 is 11.7 Å². The zero-order chi connectivity index (χ0) is 16.9. The average molecular weight is 317 g/mol.